The molecule has 0 aliphatic heterocycles. The van der Waals surface area contributed by atoms with Crippen LogP contribution in [-0.2, 0) is 6.61 Å². The second-order valence-corrected chi connectivity index (χ2v) is 4.39. The van der Waals surface area contributed by atoms with Crippen LogP contribution in [0.3, 0.4) is 0 Å². The SMILES string of the molecule is COc1ccc(N)c(OCc2cn3ccccc3n2)c1. The molecule has 2 N–H and O–H groups in total. The number of rotatable bonds is 4. The number of aromatic nitrogens is 2. The minimum atomic E-state index is 0.360. The van der Waals surface area contributed by atoms with Crippen LogP contribution in [0.4, 0.5) is 5.69 Å². The molecule has 0 saturated heterocycles. The van der Waals surface area contributed by atoms with Gasteiger partial charge in [-0.1, -0.05) is 6.07 Å². The van der Waals surface area contributed by atoms with Crippen molar-refractivity contribution in [3.05, 3.63) is 54.5 Å². The molecule has 0 aliphatic carbocycles. The summed E-state index contributed by atoms with van der Waals surface area (Å²) in [6.45, 7) is 0.360. The number of hydrogen-bond acceptors (Lipinski definition) is 4. The van der Waals surface area contributed by atoms with E-state index < -0.39 is 0 Å². The largest absolute Gasteiger partial charge is 0.497 e. The Bertz CT molecular complexity index is 704. The molecule has 3 aromatic rings. The molecule has 5 nitrogen and oxygen atoms in total. The molecule has 0 atom stereocenters. The molecule has 0 saturated carbocycles. The number of fused-ring (bicyclic) bond motifs is 1. The molecular formula is C15H15N3O2. The third-order valence-corrected chi connectivity index (χ3v) is 3.01. The Kier molecular flexibility index (Phi) is 3.16. The van der Waals surface area contributed by atoms with Gasteiger partial charge in [-0.2, -0.15) is 0 Å². The lowest BCUT2D eigenvalue weighted by Gasteiger charge is -2.09. The Morgan fingerprint density at radius 2 is 2.15 bits per heavy atom. The maximum Gasteiger partial charge on any atom is 0.146 e. The van der Waals surface area contributed by atoms with E-state index in [2.05, 4.69) is 4.98 Å². The smallest absolute Gasteiger partial charge is 0.146 e. The van der Waals surface area contributed by atoms with Gasteiger partial charge in [0.25, 0.3) is 0 Å². The summed E-state index contributed by atoms with van der Waals surface area (Å²) in [5.74, 6) is 1.31. The standard InChI is InChI=1S/C15H15N3O2/c1-19-12-5-6-13(16)14(8-12)20-10-11-9-18-7-3-2-4-15(18)17-11/h2-9H,10,16H2,1H3. The molecule has 1 aromatic carbocycles. The van der Waals surface area contributed by atoms with Crippen molar-refractivity contribution in [3.63, 3.8) is 0 Å². The first-order chi connectivity index (χ1) is 9.76. The van der Waals surface area contributed by atoms with E-state index in [1.807, 2.05) is 35.0 Å². The van der Waals surface area contributed by atoms with E-state index in [1.54, 1.807) is 25.3 Å². The molecule has 0 fully saturated rings. The van der Waals surface area contributed by atoms with Crippen molar-refractivity contribution in [2.24, 2.45) is 0 Å². The number of imidazole rings is 1. The molecule has 102 valence electrons. The highest BCUT2D eigenvalue weighted by Crippen LogP contribution is 2.27. The molecule has 5 heteroatoms. The van der Waals surface area contributed by atoms with Crippen LogP contribution < -0.4 is 15.2 Å². The number of anilines is 1. The highest BCUT2D eigenvalue weighted by atomic mass is 16.5. The van der Waals surface area contributed by atoms with Crippen molar-refractivity contribution in [2.45, 2.75) is 6.61 Å². The zero-order valence-electron chi connectivity index (χ0n) is 11.1. The molecule has 2 aromatic heterocycles. The molecule has 0 spiro atoms. The van der Waals surface area contributed by atoms with E-state index in [0.717, 1.165) is 11.3 Å². The lowest BCUT2D eigenvalue weighted by molar-refractivity contribution is 0.301. The zero-order valence-corrected chi connectivity index (χ0v) is 11.1. The Labute approximate surface area is 116 Å². The normalized spacial score (nSPS) is 10.7. The number of pyridine rings is 1. The molecule has 0 amide bonds. The van der Waals surface area contributed by atoms with Gasteiger partial charge in [0.15, 0.2) is 0 Å². The van der Waals surface area contributed by atoms with E-state index in [-0.39, 0.29) is 0 Å². The molecule has 20 heavy (non-hydrogen) atoms. The average molecular weight is 269 g/mol. The fraction of sp³-hybridized carbons (Fsp3) is 0.133. The first kappa shape index (κ1) is 12.3. The predicted octanol–water partition coefficient (Wildman–Crippen LogP) is 2.50. The fourth-order valence-corrected chi connectivity index (χ4v) is 1.98. The van der Waals surface area contributed by atoms with Crippen molar-refractivity contribution in [1.29, 1.82) is 0 Å². The number of hydrogen-bond donors (Lipinski definition) is 1. The number of nitrogens with zero attached hydrogens (tertiary/aromatic N) is 2. The van der Waals surface area contributed by atoms with Gasteiger partial charge < -0.3 is 19.6 Å². The van der Waals surface area contributed by atoms with Crippen molar-refractivity contribution in [1.82, 2.24) is 9.38 Å². The van der Waals surface area contributed by atoms with Gasteiger partial charge in [-0.3, -0.25) is 0 Å². The van der Waals surface area contributed by atoms with Gasteiger partial charge in [-0.25, -0.2) is 4.98 Å². The van der Waals surface area contributed by atoms with Gasteiger partial charge >= 0.3 is 0 Å². The number of methoxy groups -OCH3 is 1. The van der Waals surface area contributed by atoms with Crippen molar-refractivity contribution >= 4 is 11.3 Å². The zero-order chi connectivity index (χ0) is 13.9. The van der Waals surface area contributed by atoms with E-state index in [4.69, 9.17) is 15.2 Å². The number of nitrogens with two attached hydrogens (primary N) is 1. The highest BCUT2D eigenvalue weighted by Gasteiger charge is 2.05. The van der Waals surface area contributed by atoms with Gasteiger partial charge in [0.1, 0.15) is 23.8 Å². The average Bonchev–Trinajstić information content (AvgIpc) is 2.89. The van der Waals surface area contributed by atoms with Gasteiger partial charge in [-0.15, -0.1) is 0 Å². The molecule has 2 heterocycles. The molecule has 0 aliphatic rings. The summed E-state index contributed by atoms with van der Waals surface area (Å²) in [4.78, 5) is 4.47. The van der Waals surface area contributed by atoms with Crippen LogP contribution >= 0.6 is 0 Å². The summed E-state index contributed by atoms with van der Waals surface area (Å²) in [6.07, 6.45) is 3.89. The van der Waals surface area contributed by atoms with Crippen molar-refractivity contribution in [2.75, 3.05) is 12.8 Å². The predicted molar refractivity (Wildman–Crippen MR) is 76.9 cm³/mol. The fourth-order valence-electron chi connectivity index (χ4n) is 1.98. The summed E-state index contributed by atoms with van der Waals surface area (Å²) in [5, 5.41) is 0. The van der Waals surface area contributed by atoms with Crippen LogP contribution in [0.25, 0.3) is 5.65 Å². The van der Waals surface area contributed by atoms with Crippen LogP contribution in [0, 0.1) is 0 Å². The molecule has 0 bridgehead atoms. The Morgan fingerprint density at radius 1 is 1.25 bits per heavy atom. The van der Waals surface area contributed by atoms with E-state index >= 15 is 0 Å². The van der Waals surface area contributed by atoms with Gasteiger partial charge in [0, 0.05) is 18.5 Å². The van der Waals surface area contributed by atoms with Crippen molar-refractivity contribution in [3.8, 4) is 11.5 Å². The highest BCUT2D eigenvalue weighted by molar-refractivity contribution is 5.55. The first-order valence-electron chi connectivity index (χ1n) is 6.25. The second kappa shape index (κ2) is 5.13. The van der Waals surface area contributed by atoms with E-state index in [1.165, 1.54) is 0 Å². The summed E-state index contributed by atoms with van der Waals surface area (Å²) >= 11 is 0. The number of ether oxygens (including phenoxy) is 2. The third-order valence-electron chi connectivity index (χ3n) is 3.01. The quantitative estimate of drug-likeness (QED) is 0.739. The molecule has 0 radical (unpaired) electrons. The maximum absolute atomic E-state index is 5.88. The molecular weight excluding hydrogens is 254 g/mol. The lowest BCUT2D eigenvalue weighted by atomic mass is 10.3. The minimum Gasteiger partial charge on any atom is -0.497 e. The summed E-state index contributed by atoms with van der Waals surface area (Å²) < 4.78 is 12.8. The monoisotopic (exact) mass is 269 g/mol. The lowest BCUT2D eigenvalue weighted by Crippen LogP contribution is -1.99. The number of benzene rings is 1. The second-order valence-electron chi connectivity index (χ2n) is 4.39. The first-order valence-corrected chi connectivity index (χ1v) is 6.25. The molecule has 0 unspecified atom stereocenters. The Morgan fingerprint density at radius 3 is 2.95 bits per heavy atom. The van der Waals surface area contributed by atoms with Crippen LogP contribution in [0.5, 0.6) is 11.5 Å². The van der Waals surface area contributed by atoms with Gasteiger partial charge in [-0.05, 0) is 24.3 Å². The minimum absolute atomic E-state index is 0.360. The van der Waals surface area contributed by atoms with Gasteiger partial charge in [0.05, 0.1) is 18.5 Å². The van der Waals surface area contributed by atoms with Gasteiger partial charge in [0.2, 0.25) is 0 Å². The number of nitrogen functional groups attached to an aromatic ring is 1. The summed E-state index contributed by atoms with van der Waals surface area (Å²) in [6, 6.07) is 11.2. The third kappa shape index (κ3) is 2.38. The maximum atomic E-state index is 5.88. The van der Waals surface area contributed by atoms with Crippen molar-refractivity contribution < 1.29 is 9.47 Å². The van der Waals surface area contributed by atoms with E-state index in [0.29, 0.717) is 23.8 Å². The van der Waals surface area contributed by atoms with Crippen LogP contribution in [-0.4, -0.2) is 16.5 Å². The Hall–Kier alpha value is -2.69. The van der Waals surface area contributed by atoms with Crippen LogP contribution in [0.15, 0.2) is 48.8 Å². The Balaban J connectivity index is 1.79. The summed E-state index contributed by atoms with van der Waals surface area (Å²) in [5.41, 5.74) is 8.19. The van der Waals surface area contributed by atoms with Crippen LogP contribution in [0.1, 0.15) is 5.69 Å². The summed E-state index contributed by atoms with van der Waals surface area (Å²) in [7, 11) is 1.61. The molecule has 3 rings (SSSR count). The van der Waals surface area contributed by atoms with E-state index in [9.17, 15) is 0 Å². The van der Waals surface area contributed by atoms with Crippen LogP contribution in [0.2, 0.25) is 0 Å². The topological polar surface area (TPSA) is 61.8 Å².